The number of carbonyl (C=O) groups is 1. The molecule has 1 aliphatic heterocycles. The second kappa shape index (κ2) is 6.41. The number of aryl methyl sites for hydroxylation is 1. The van der Waals surface area contributed by atoms with E-state index in [9.17, 15) is 4.79 Å². The Hall–Kier alpha value is -3.00. The van der Waals surface area contributed by atoms with Crippen molar-refractivity contribution in [2.75, 3.05) is 18.2 Å². The van der Waals surface area contributed by atoms with Crippen molar-refractivity contribution in [2.45, 2.75) is 13.3 Å². The van der Waals surface area contributed by atoms with E-state index >= 15 is 0 Å². The molecule has 0 saturated carbocycles. The Kier molecular flexibility index (Phi) is 4.15. The predicted octanol–water partition coefficient (Wildman–Crippen LogP) is 3.28. The van der Waals surface area contributed by atoms with E-state index in [-0.39, 0.29) is 19.1 Å². The third-order valence-corrected chi connectivity index (χ3v) is 3.66. The zero-order valence-electron chi connectivity index (χ0n) is 12.8. The van der Waals surface area contributed by atoms with E-state index in [2.05, 4.69) is 6.07 Å². The van der Waals surface area contributed by atoms with Crippen molar-refractivity contribution < 1.29 is 14.3 Å². The number of amides is 1. The van der Waals surface area contributed by atoms with Gasteiger partial charge in [0.15, 0.2) is 11.5 Å². The highest BCUT2D eigenvalue weighted by atomic mass is 16.7. The van der Waals surface area contributed by atoms with Gasteiger partial charge in [0.05, 0.1) is 12.5 Å². The van der Waals surface area contributed by atoms with Crippen molar-refractivity contribution >= 4 is 11.6 Å². The maximum absolute atomic E-state index is 12.9. The van der Waals surface area contributed by atoms with E-state index in [1.165, 1.54) is 0 Å². The third-order valence-electron chi connectivity index (χ3n) is 3.66. The number of carbonyl (C=O) groups excluding carboxylic acids is 1. The molecule has 0 radical (unpaired) electrons. The van der Waals surface area contributed by atoms with Crippen LogP contribution < -0.4 is 14.4 Å². The second-order valence-corrected chi connectivity index (χ2v) is 5.27. The Labute approximate surface area is 134 Å². The van der Waals surface area contributed by atoms with Crippen LogP contribution >= 0.6 is 0 Å². The number of hydrogen-bond acceptors (Lipinski definition) is 4. The highest BCUT2D eigenvalue weighted by Gasteiger charge is 2.21. The zero-order valence-corrected chi connectivity index (χ0v) is 12.8. The summed E-state index contributed by atoms with van der Waals surface area (Å²) in [4.78, 5) is 14.5. The van der Waals surface area contributed by atoms with Crippen LogP contribution in [0.3, 0.4) is 0 Å². The molecule has 1 amide bonds. The van der Waals surface area contributed by atoms with Gasteiger partial charge in [-0.15, -0.1) is 0 Å². The summed E-state index contributed by atoms with van der Waals surface area (Å²) in [6.07, 6.45) is 0.268. The number of nitriles is 1. The summed E-state index contributed by atoms with van der Waals surface area (Å²) in [5.74, 6) is 1.04. The molecule has 0 saturated heterocycles. The van der Waals surface area contributed by atoms with Crippen molar-refractivity contribution in [2.24, 2.45) is 0 Å². The van der Waals surface area contributed by atoms with E-state index in [4.69, 9.17) is 14.7 Å². The molecule has 0 spiro atoms. The summed E-state index contributed by atoms with van der Waals surface area (Å²) >= 11 is 0. The van der Waals surface area contributed by atoms with Gasteiger partial charge in [0, 0.05) is 17.8 Å². The molecular weight excluding hydrogens is 292 g/mol. The molecule has 2 aromatic rings. The van der Waals surface area contributed by atoms with Gasteiger partial charge in [-0.3, -0.25) is 4.79 Å². The van der Waals surface area contributed by atoms with Crippen molar-refractivity contribution in [3.63, 3.8) is 0 Å². The number of benzene rings is 2. The van der Waals surface area contributed by atoms with Crippen molar-refractivity contribution in [3.8, 4) is 17.6 Å². The van der Waals surface area contributed by atoms with Crippen LogP contribution in [-0.2, 0) is 0 Å². The van der Waals surface area contributed by atoms with E-state index in [0.29, 0.717) is 23.6 Å². The molecule has 1 heterocycles. The van der Waals surface area contributed by atoms with Crippen molar-refractivity contribution in [1.29, 1.82) is 5.26 Å². The largest absolute Gasteiger partial charge is 0.454 e. The maximum atomic E-state index is 12.9. The standard InChI is InChI=1S/C18H16N2O3/c1-13-3-6-15(7-4-13)20(10-2-9-19)18(21)14-5-8-16-17(11-14)23-12-22-16/h3-8,11H,2,10,12H2,1H3. The van der Waals surface area contributed by atoms with Crippen LogP contribution in [-0.4, -0.2) is 19.2 Å². The molecule has 0 unspecified atom stereocenters. The minimum absolute atomic E-state index is 0.164. The molecule has 1 aliphatic rings. The summed E-state index contributed by atoms with van der Waals surface area (Å²) in [5, 5.41) is 8.86. The molecule has 0 fully saturated rings. The number of rotatable bonds is 4. The van der Waals surface area contributed by atoms with E-state index in [1.807, 2.05) is 31.2 Å². The van der Waals surface area contributed by atoms with Gasteiger partial charge < -0.3 is 14.4 Å². The Balaban J connectivity index is 1.91. The maximum Gasteiger partial charge on any atom is 0.258 e. The molecular formula is C18H16N2O3. The first kappa shape index (κ1) is 14.9. The average Bonchev–Trinajstić information content (AvgIpc) is 3.04. The van der Waals surface area contributed by atoms with Crippen molar-refractivity contribution in [1.82, 2.24) is 0 Å². The summed E-state index contributed by atoms with van der Waals surface area (Å²) in [6.45, 7) is 2.50. The molecule has 23 heavy (non-hydrogen) atoms. The average molecular weight is 308 g/mol. The fourth-order valence-corrected chi connectivity index (χ4v) is 2.42. The van der Waals surface area contributed by atoms with Crippen LogP contribution in [0, 0.1) is 18.3 Å². The Morgan fingerprint density at radius 1 is 1.17 bits per heavy atom. The SMILES string of the molecule is Cc1ccc(N(CCC#N)C(=O)c2ccc3c(c2)OCO3)cc1. The first-order chi connectivity index (χ1) is 11.2. The molecule has 0 N–H and O–H groups in total. The smallest absolute Gasteiger partial charge is 0.258 e. The lowest BCUT2D eigenvalue weighted by Gasteiger charge is -2.22. The van der Waals surface area contributed by atoms with Crippen LogP contribution in [0.25, 0.3) is 0 Å². The quantitative estimate of drug-likeness (QED) is 0.869. The van der Waals surface area contributed by atoms with Gasteiger partial charge in [-0.2, -0.15) is 5.26 Å². The lowest BCUT2D eigenvalue weighted by atomic mass is 10.1. The number of nitrogens with zero attached hydrogens (tertiary/aromatic N) is 2. The monoisotopic (exact) mass is 308 g/mol. The third kappa shape index (κ3) is 3.11. The summed E-state index contributed by atoms with van der Waals surface area (Å²) < 4.78 is 10.6. The number of ether oxygens (including phenoxy) is 2. The Morgan fingerprint density at radius 2 is 1.91 bits per heavy atom. The first-order valence-electron chi connectivity index (χ1n) is 7.34. The minimum Gasteiger partial charge on any atom is -0.454 e. The Bertz CT molecular complexity index is 763. The molecule has 5 heteroatoms. The molecule has 3 rings (SSSR count). The lowest BCUT2D eigenvalue weighted by Crippen LogP contribution is -2.31. The molecule has 0 aromatic heterocycles. The summed E-state index contributed by atoms with van der Waals surface area (Å²) in [6, 6.07) is 14.9. The predicted molar refractivity (Wildman–Crippen MR) is 85.7 cm³/mol. The topological polar surface area (TPSA) is 62.6 Å². The molecule has 0 atom stereocenters. The van der Waals surface area contributed by atoms with Crippen LogP contribution in [0.15, 0.2) is 42.5 Å². The second-order valence-electron chi connectivity index (χ2n) is 5.27. The zero-order chi connectivity index (χ0) is 16.2. The van der Waals surface area contributed by atoms with Gasteiger partial charge in [0.1, 0.15) is 0 Å². The number of fused-ring (bicyclic) bond motifs is 1. The van der Waals surface area contributed by atoms with Crippen LogP contribution in [0.1, 0.15) is 22.3 Å². The fourth-order valence-electron chi connectivity index (χ4n) is 2.42. The highest BCUT2D eigenvalue weighted by Crippen LogP contribution is 2.33. The normalized spacial score (nSPS) is 11.8. The minimum atomic E-state index is -0.164. The van der Waals surface area contributed by atoms with Gasteiger partial charge in [-0.1, -0.05) is 17.7 Å². The number of hydrogen-bond donors (Lipinski definition) is 0. The van der Waals surface area contributed by atoms with Crippen LogP contribution in [0.2, 0.25) is 0 Å². The number of anilines is 1. The molecule has 5 nitrogen and oxygen atoms in total. The fraction of sp³-hybridized carbons (Fsp3) is 0.222. The van der Waals surface area contributed by atoms with Crippen molar-refractivity contribution in [3.05, 3.63) is 53.6 Å². The van der Waals surface area contributed by atoms with Gasteiger partial charge in [0.2, 0.25) is 6.79 Å². The molecule has 2 aromatic carbocycles. The van der Waals surface area contributed by atoms with Gasteiger partial charge in [0.25, 0.3) is 5.91 Å². The van der Waals surface area contributed by atoms with E-state index < -0.39 is 0 Å². The Morgan fingerprint density at radius 3 is 2.65 bits per heavy atom. The summed E-state index contributed by atoms with van der Waals surface area (Å²) in [7, 11) is 0. The van der Waals surface area contributed by atoms with Crippen LogP contribution in [0.4, 0.5) is 5.69 Å². The van der Waals surface area contributed by atoms with Gasteiger partial charge >= 0.3 is 0 Å². The molecule has 0 aliphatic carbocycles. The highest BCUT2D eigenvalue weighted by molar-refractivity contribution is 6.06. The first-order valence-corrected chi connectivity index (χ1v) is 7.34. The van der Waals surface area contributed by atoms with Crippen LogP contribution in [0.5, 0.6) is 11.5 Å². The van der Waals surface area contributed by atoms with E-state index in [0.717, 1.165) is 11.3 Å². The summed E-state index contributed by atoms with van der Waals surface area (Å²) in [5.41, 5.74) is 2.39. The van der Waals surface area contributed by atoms with Gasteiger partial charge in [-0.05, 0) is 37.3 Å². The lowest BCUT2D eigenvalue weighted by molar-refractivity contribution is 0.0987. The van der Waals surface area contributed by atoms with E-state index in [1.54, 1.807) is 23.1 Å². The molecule has 116 valence electrons. The molecule has 0 bridgehead atoms. The van der Waals surface area contributed by atoms with Gasteiger partial charge in [-0.25, -0.2) is 0 Å².